The molecule has 1 fully saturated rings. The second-order valence-electron chi connectivity index (χ2n) is 9.05. The van der Waals surface area contributed by atoms with Crippen LogP contribution in [-0.4, -0.2) is 28.3 Å². The van der Waals surface area contributed by atoms with Crippen molar-refractivity contribution in [3.63, 3.8) is 0 Å². The number of nitrogens with zero attached hydrogens (tertiary/aromatic N) is 3. The highest BCUT2D eigenvalue weighted by Crippen LogP contribution is 2.35. The Balaban J connectivity index is 1.65. The second-order valence-corrected chi connectivity index (χ2v) is 9.05. The lowest BCUT2D eigenvalue weighted by Crippen LogP contribution is -2.43. The van der Waals surface area contributed by atoms with Gasteiger partial charge in [0.05, 0.1) is 23.9 Å². The number of rotatable bonds is 6. The second kappa shape index (κ2) is 9.15. The first kappa shape index (κ1) is 24.4. The summed E-state index contributed by atoms with van der Waals surface area (Å²) in [7, 11) is 0. The van der Waals surface area contributed by atoms with Crippen molar-refractivity contribution in [2.24, 2.45) is 5.73 Å². The van der Waals surface area contributed by atoms with Crippen LogP contribution in [0.4, 0.5) is 26.2 Å². The van der Waals surface area contributed by atoms with Gasteiger partial charge in [-0.3, -0.25) is 9.59 Å². The summed E-state index contributed by atoms with van der Waals surface area (Å²) in [5, 5.41) is 12.3. The van der Waals surface area contributed by atoms with Crippen molar-refractivity contribution in [3.05, 3.63) is 88.7 Å². The number of imide groups is 1. The molecule has 0 aliphatic carbocycles. The lowest BCUT2D eigenvalue weighted by atomic mass is 10.0. The van der Waals surface area contributed by atoms with Crippen LogP contribution in [0.3, 0.4) is 0 Å². The quantitative estimate of drug-likeness (QED) is 0.495. The van der Waals surface area contributed by atoms with Crippen molar-refractivity contribution in [1.29, 1.82) is 5.26 Å². The van der Waals surface area contributed by atoms with Crippen LogP contribution in [0.1, 0.15) is 40.9 Å². The van der Waals surface area contributed by atoms with E-state index in [1.807, 2.05) is 0 Å². The van der Waals surface area contributed by atoms with E-state index in [1.54, 1.807) is 69.3 Å². The normalized spacial score (nSPS) is 14.6. The van der Waals surface area contributed by atoms with E-state index in [1.165, 1.54) is 17.0 Å². The molecule has 1 saturated heterocycles. The monoisotopic (exact) mass is 485 g/mol. The minimum atomic E-state index is -1.17. The van der Waals surface area contributed by atoms with Crippen LogP contribution in [0.5, 0.6) is 0 Å². The zero-order valence-electron chi connectivity index (χ0n) is 20.0. The predicted octanol–water partition coefficient (Wildman–Crippen LogP) is 4.60. The van der Waals surface area contributed by atoms with Crippen LogP contribution in [0.2, 0.25) is 0 Å². The third-order valence-corrected chi connectivity index (χ3v) is 6.26. The van der Waals surface area contributed by atoms with Gasteiger partial charge in [-0.2, -0.15) is 5.26 Å². The number of nitrogens with two attached hydrogens (primary N) is 1. The van der Waals surface area contributed by atoms with E-state index in [-0.39, 0.29) is 6.54 Å². The van der Waals surface area contributed by atoms with Gasteiger partial charge in [0, 0.05) is 16.9 Å². The Morgan fingerprint density at radius 3 is 2.39 bits per heavy atom. The number of nitrogens with one attached hydrogen (secondary N) is 1. The summed E-state index contributed by atoms with van der Waals surface area (Å²) < 4.78 is 14.1. The van der Waals surface area contributed by atoms with Gasteiger partial charge in [0.15, 0.2) is 0 Å². The molecular formula is C27H24FN5O3. The Morgan fingerprint density at radius 2 is 1.78 bits per heavy atom. The van der Waals surface area contributed by atoms with Gasteiger partial charge in [0.2, 0.25) is 5.91 Å². The molecule has 36 heavy (non-hydrogen) atoms. The number of hydrogen-bond acceptors (Lipinski definition) is 5. The summed E-state index contributed by atoms with van der Waals surface area (Å²) in [6.07, 6.45) is 0. The SMILES string of the molecule is Cc1cc(N2C(=O)N(Cc3ccc(F)cc3Nc3ccc(C(N)=O)cc3)C(C)(C)C2=O)ccc1C#N. The fourth-order valence-electron chi connectivity index (χ4n) is 4.09. The largest absolute Gasteiger partial charge is 0.366 e. The smallest absolute Gasteiger partial charge is 0.332 e. The molecule has 3 aromatic carbocycles. The highest BCUT2D eigenvalue weighted by atomic mass is 19.1. The standard InChI is InChI=1S/C27H24FN5O3/c1-16-12-22(11-7-18(16)14-29)33-25(35)27(2,3)32(26(33)36)15-19-4-8-20(28)13-23(19)31-21-9-5-17(6-10-21)24(30)34/h4-13,31H,15H2,1-3H3,(H2,30,34). The molecule has 8 nitrogen and oxygen atoms in total. The van der Waals surface area contributed by atoms with Crippen molar-refractivity contribution in [2.45, 2.75) is 32.9 Å². The van der Waals surface area contributed by atoms with Crippen LogP contribution in [0.25, 0.3) is 0 Å². The molecule has 3 N–H and O–H groups in total. The first-order valence-electron chi connectivity index (χ1n) is 11.1. The molecule has 3 aromatic rings. The number of urea groups is 1. The van der Waals surface area contributed by atoms with E-state index in [0.29, 0.717) is 39.3 Å². The van der Waals surface area contributed by atoms with Crippen molar-refractivity contribution in [3.8, 4) is 6.07 Å². The highest BCUT2D eigenvalue weighted by molar-refractivity contribution is 6.23. The Morgan fingerprint density at radius 1 is 1.08 bits per heavy atom. The highest BCUT2D eigenvalue weighted by Gasteiger charge is 2.51. The topological polar surface area (TPSA) is 120 Å². The first-order chi connectivity index (χ1) is 17.0. The van der Waals surface area contributed by atoms with Gasteiger partial charge in [-0.25, -0.2) is 14.1 Å². The average Bonchev–Trinajstić information content (AvgIpc) is 3.00. The van der Waals surface area contributed by atoms with Crippen molar-refractivity contribution in [1.82, 2.24) is 4.90 Å². The maximum absolute atomic E-state index is 14.1. The van der Waals surface area contributed by atoms with E-state index in [4.69, 9.17) is 5.73 Å². The van der Waals surface area contributed by atoms with Crippen molar-refractivity contribution in [2.75, 3.05) is 10.2 Å². The van der Waals surface area contributed by atoms with Gasteiger partial charge in [-0.15, -0.1) is 0 Å². The number of benzene rings is 3. The summed E-state index contributed by atoms with van der Waals surface area (Å²) in [4.78, 5) is 40.6. The maximum atomic E-state index is 14.1. The van der Waals surface area contributed by atoms with Crippen LogP contribution in [0.15, 0.2) is 60.7 Å². The number of amides is 4. The molecule has 1 heterocycles. The molecule has 0 unspecified atom stereocenters. The predicted molar refractivity (Wildman–Crippen MR) is 133 cm³/mol. The summed E-state index contributed by atoms with van der Waals surface area (Å²) in [5.41, 5.74) is 7.52. The number of aryl methyl sites for hydroxylation is 1. The summed E-state index contributed by atoms with van der Waals surface area (Å²) in [5.74, 6) is -1.45. The molecule has 9 heteroatoms. The van der Waals surface area contributed by atoms with E-state index >= 15 is 0 Å². The molecule has 4 rings (SSSR count). The minimum absolute atomic E-state index is 0.0331. The van der Waals surface area contributed by atoms with E-state index in [0.717, 1.165) is 4.90 Å². The number of anilines is 3. The molecule has 0 spiro atoms. The molecule has 1 aliphatic rings. The van der Waals surface area contributed by atoms with Gasteiger partial charge in [0.25, 0.3) is 5.91 Å². The molecule has 0 radical (unpaired) electrons. The van der Waals surface area contributed by atoms with Crippen LogP contribution < -0.4 is 16.0 Å². The lowest BCUT2D eigenvalue weighted by molar-refractivity contribution is -0.123. The maximum Gasteiger partial charge on any atom is 0.332 e. The van der Waals surface area contributed by atoms with Gasteiger partial charge in [0.1, 0.15) is 11.4 Å². The number of primary amides is 1. The summed E-state index contributed by atoms with van der Waals surface area (Å²) in [6.45, 7) is 5.08. The van der Waals surface area contributed by atoms with Crippen LogP contribution >= 0.6 is 0 Å². The number of carbonyl (C=O) groups excluding carboxylic acids is 3. The molecule has 182 valence electrons. The molecule has 0 saturated carbocycles. The van der Waals surface area contributed by atoms with E-state index in [9.17, 15) is 24.0 Å². The first-order valence-corrected chi connectivity index (χ1v) is 11.1. The van der Waals surface area contributed by atoms with Gasteiger partial charge >= 0.3 is 6.03 Å². The fraction of sp³-hybridized carbons (Fsp3) is 0.185. The van der Waals surface area contributed by atoms with E-state index in [2.05, 4.69) is 11.4 Å². The molecule has 0 atom stereocenters. The Labute approximate surface area is 207 Å². The Hall–Kier alpha value is -4.71. The molecule has 4 amide bonds. The van der Waals surface area contributed by atoms with Crippen molar-refractivity contribution < 1.29 is 18.8 Å². The summed E-state index contributed by atoms with van der Waals surface area (Å²) in [6, 6.07) is 16.8. The van der Waals surface area contributed by atoms with E-state index < -0.39 is 29.2 Å². The molecule has 0 aromatic heterocycles. The fourth-order valence-corrected chi connectivity index (χ4v) is 4.09. The zero-order chi connectivity index (χ0) is 26.2. The Kier molecular flexibility index (Phi) is 6.21. The summed E-state index contributed by atoms with van der Waals surface area (Å²) >= 11 is 0. The number of halogens is 1. The minimum Gasteiger partial charge on any atom is -0.366 e. The molecular weight excluding hydrogens is 461 g/mol. The average molecular weight is 486 g/mol. The number of carbonyl (C=O) groups is 3. The van der Waals surface area contributed by atoms with Gasteiger partial charge < -0.3 is 16.0 Å². The zero-order valence-corrected chi connectivity index (χ0v) is 20.0. The number of hydrogen-bond donors (Lipinski definition) is 2. The molecule has 1 aliphatic heterocycles. The third kappa shape index (κ3) is 4.36. The van der Waals surface area contributed by atoms with Crippen LogP contribution in [0, 0.1) is 24.1 Å². The third-order valence-electron chi connectivity index (χ3n) is 6.26. The lowest BCUT2D eigenvalue weighted by Gasteiger charge is -2.28. The number of nitriles is 1. The van der Waals surface area contributed by atoms with Gasteiger partial charge in [-0.05, 0) is 86.5 Å². The van der Waals surface area contributed by atoms with Gasteiger partial charge in [-0.1, -0.05) is 6.07 Å². The molecule has 0 bridgehead atoms. The Bertz CT molecular complexity index is 1430. The van der Waals surface area contributed by atoms with Crippen LogP contribution in [-0.2, 0) is 11.3 Å². The van der Waals surface area contributed by atoms with Crippen molar-refractivity contribution >= 4 is 34.9 Å².